The van der Waals surface area contributed by atoms with Crippen LogP contribution in [-0.4, -0.2) is 27.8 Å². The average Bonchev–Trinajstić information content (AvgIpc) is 2.97. The van der Waals surface area contributed by atoms with Crippen LogP contribution in [0.4, 0.5) is 26.3 Å². The summed E-state index contributed by atoms with van der Waals surface area (Å²) in [5.74, 6) is -2.45. The zero-order valence-corrected chi connectivity index (χ0v) is 22.9. The Balaban J connectivity index is 1.43. The number of rotatable bonds is 5. The Morgan fingerprint density at radius 3 is 2.28 bits per heavy atom. The number of hydrogen-bond acceptors (Lipinski definition) is 5. The molecule has 4 aromatic rings. The number of esters is 1. The predicted octanol–water partition coefficient (Wildman–Crippen LogP) is 8.13. The van der Waals surface area contributed by atoms with E-state index < -0.39 is 47.3 Å². The molecule has 1 aliphatic rings. The van der Waals surface area contributed by atoms with Crippen molar-refractivity contribution in [1.82, 2.24) is 9.97 Å². The summed E-state index contributed by atoms with van der Waals surface area (Å²) in [5.41, 5.74) is -0.796. The van der Waals surface area contributed by atoms with Gasteiger partial charge in [-0.05, 0) is 48.7 Å². The maximum Gasteiger partial charge on any atom is 0.417 e. The van der Waals surface area contributed by atoms with Crippen molar-refractivity contribution < 1.29 is 40.7 Å². The molecule has 1 aliphatic carbocycles. The molecule has 5 rings (SSSR count). The molecule has 43 heavy (non-hydrogen) atoms. The van der Waals surface area contributed by atoms with E-state index in [1.807, 2.05) is 0 Å². The van der Waals surface area contributed by atoms with Crippen LogP contribution in [0.3, 0.4) is 0 Å². The summed E-state index contributed by atoms with van der Waals surface area (Å²) in [6.45, 7) is 3.32. The number of carbonyl (C=O) groups excluding carboxylic acids is 2. The second kappa shape index (κ2) is 11.3. The Morgan fingerprint density at radius 1 is 0.953 bits per heavy atom. The highest BCUT2D eigenvalue weighted by Crippen LogP contribution is 2.39. The minimum Gasteiger partial charge on any atom is -0.454 e. The van der Waals surface area contributed by atoms with E-state index in [1.54, 1.807) is 13.8 Å². The average molecular weight is 599 g/mol. The van der Waals surface area contributed by atoms with Gasteiger partial charge < -0.3 is 4.74 Å². The van der Waals surface area contributed by atoms with Gasteiger partial charge in [0.05, 0.1) is 39.5 Å². The third kappa shape index (κ3) is 6.02. The lowest BCUT2D eigenvalue weighted by Gasteiger charge is -2.28. The SMILES string of the molecule is CCc1nc2cc(-c3ccccc3C(F)(F)F)ncc2cc1C(=O)OC1CC(=O)C(c2ccccc2C(F)(F)F)C=C1C. The summed E-state index contributed by atoms with van der Waals surface area (Å²) in [6.07, 6.45) is -7.54. The molecular weight excluding hydrogens is 574 g/mol. The van der Waals surface area contributed by atoms with Crippen molar-refractivity contribution in [3.8, 4) is 11.3 Å². The van der Waals surface area contributed by atoms with Crippen molar-refractivity contribution in [2.75, 3.05) is 0 Å². The molecule has 222 valence electrons. The summed E-state index contributed by atoms with van der Waals surface area (Å²) < 4.78 is 87.0. The van der Waals surface area contributed by atoms with Gasteiger partial charge in [-0.1, -0.05) is 49.4 Å². The molecule has 2 atom stereocenters. The Morgan fingerprint density at radius 2 is 1.60 bits per heavy atom. The third-order valence-corrected chi connectivity index (χ3v) is 7.36. The van der Waals surface area contributed by atoms with Gasteiger partial charge in [-0.2, -0.15) is 26.3 Å². The fraction of sp³-hybridized carbons (Fsp3) is 0.250. The van der Waals surface area contributed by atoms with Gasteiger partial charge in [0.25, 0.3) is 0 Å². The monoisotopic (exact) mass is 598 g/mol. The summed E-state index contributed by atoms with van der Waals surface area (Å²) in [4.78, 5) is 34.9. The maximum atomic E-state index is 13.6. The van der Waals surface area contributed by atoms with Gasteiger partial charge in [0.15, 0.2) is 0 Å². The Labute approximate surface area is 242 Å². The zero-order chi connectivity index (χ0) is 31.1. The van der Waals surface area contributed by atoms with Gasteiger partial charge in [-0.15, -0.1) is 0 Å². The second-order valence-electron chi connectivity index (χ2n) is 10.2. The number of hydrogen-bond donors (Lipinski definition) is 0. The van der Waals surface area contributed by atoms with Crippen molar-refractivity contribution in [1.29, 1.82) is 0 Å². The van der Waals surface area contributed by atoms with Crippen LogP contribution >= 0.6 is 0 Å². The minimum absolute atomic E-state index is 0.0634. The number of allylic oxidation sites excluding steroid dienone is 1. The van der Waals surface area contributed by atoms with E-state index in [0.717, 1.165) is 12.1 Å². The number of aryl methyl sites for hydroxylation is 1. The Kier molecular flexibility index (Phi) is 7.85. The number of alkyl halides is 6. The fourth-order valence-corrected chi connectivity index (χ4v) is 5.21. The van der Waals surface area contributed by atoms with Crippen LogP contribution in [0.1, 0.15) is 58.9 Å². The van der Waals surface area contributed by atoms with E-state index in [2.05, 4.69) is 9.97 Å². The molecule has 0 N–H and O–H groups in total. The zero-order valence-electron chi connectivity index (χ0n) is 22.9. The number of pyridine rings is 2. The molecular formula is C32H24F6N2O3. The predicted molar refractivity (Wildman–Crippen MR) is 146 cm³/mol. The maximum absolute atomic E-state index is 13.6. The van der Waals surface area contributed by atoms with Gasteiger partial charge in [0, 0.05) is 23.6 Å². The lowest BCUT2D eigenvalue weighted by Crippen LogP contribution is -2.30. The second-order valence-corrected chi connectivity index (χ2v) is 10.2. The van der Waals surface area contributed by atoms with Crippen LogP contribution in [0, 0.1) is 0 Å². The normalized spacial score (nSPS) is 17.6. The van der Waals surface area contributed by atoms with E-state index in [-0.39, 0.29) is 35.2 Å². The number of halogens is 6. The first kappa shape index (κ1) is 29.9. The van der Waals surface area contributed by atoms with E-state index in [9.17, 15) is 35.9 Å². The number of ketones is 1. The molecule has 5 nitrogen and oxygen atoms in total. The number of ether oxygens (including phenoxy) is 1. The Hall–Kier alpha value is -4.54. The van der Waals surface area contributed by atoms with Crippen LogP contribution in [0.15, 0.2) is 78.5 Å². The first-order valence-electron chi connectivity index (χ1n) is 13.3. The molecule has 0 aliphatic heterocycles. The lowest BCUT2D eigenvalue weighted by atomic mass is 9.81. The molecule has 0 spiro atoms. The van der Waals surface area contributed by atoms with Gasteiger partial charge in [-0.25, -0.2) is 4.79 Å². The van der Waals surface area contributed by atoms with Crippen molar-refractivity contribution >= 4 is 22.7 Å². The topological polar surface area (TPSA) is 69.2 Å². The van der Waals surface area contributed by atoms with Crippen LogP contribution in [0.25, 0.3) is 22.2 Å². The van der Waals surface area contributed by atoms with Gasteiger partial charge in [-0.3, -0.25) is 14.8 Å². The molecule has 0 bridgehead atoms. The molecule has 2 aromatic heterocycles. The van der Waals surface area contributed by atoms with E-state index in [0.29, 0.717) is 22.2 Å². The molecule has 2 unspecified atom stereocenters. The number of Topliss-reactive ketones (excluding diaryl/α,β-unsaturated/α-hetero) is 1. The molecule has 0 fully saturated rings. The number of aromatic nitrogens is 2. The van der Waals surface area contributed by atoms with Gasteiger partial charge in [0.2, 0.25) is 0 Å². The highest BCUT2D eigenvalue weighted by Gasteiger charge is 2.39. The number of carbonyl (C=O) groups is 2. The van der Waals surface area contributed by atoms with Crippen LogP contribution in [-0.2, 0) is 28.3 Å². The van der Waals surface area contributed by atoms with Crippen molar-refractivity contribution in [2.45, 2.75) is 51.1 Å². The molecule has 11 heteroatoms. The van der Waals surface area contributed by atoms with Crippen LogP contribution in [0.5, 0.6) is 0 Å². The van der Waals surface area contributed by atoms with Gasteiger partial charge >= 0.3 is 18.3 Å². The quantitative estimate of drug-likeness (QED) is 0.132. The number of fused-ring (bicyclic) bond motifs is 1. The van der Waals surface area contributed by atoms with E-state index in [4.69, 9.17) is 4.74 Å². The first-order chi connectivity index (χ1) is 20.3. The number of benzene rings is 2. The molecule has 0 radical (unpaired) electrons. The largest absolute Gasteiger partial charge is 0.454 e. The lowest BCUT2D eigenvalue weighted by molar-refractivity contribution is -0.139. The smallest absolute Gasteiger partial charge is 0.417 e. The first-order valence-corrected chi connectivity index (χ1v) is 13.3. The molecule has 0 saturated carbocycles. The molecule has 2 heterocycles. The van der Waals surface area contributed by atoms with Gasteiger partial charge in [0.1, 0.15) is 11.9 Å². The number of nitrogens with zero attached hydrogens (tertiary/aromatic N) is 2. The Bertz CT molecular complexity index is 1760. The van der Waals surface area contributed by atoms with Crippen LogP contribution < -0.4 is 0 Å². The highest BCUT2D eigenvalue weighted by atomic mass is 19.4. The van der Waals surface area contributed by atoms with Crippen molar-refractivity contribution in [3.05, 3.63) is 106 Å². The van der Waals surface area contributed by atoms with Crippen molar-refractivity contribution in [2.24, 2.45) is 0 Å². The summed E-state index contributed by atoms with van der Waals surface area (Å²) in [5, 5.41) is 0.383. The fourth-order valence-electron chi connectivity index (χ4n) is 5.21. The van der Waals surface area contributed by atoms with Crippen molar-refractivity contribution in [3.63, 3.8) is 0 Å². The third-order valence-electron chi connectivity index (χ3n) is 7.36. The minimum atomic E-state index is -4.64. The summed E-state index contributed by atoms with van der Waals surface area (Å²) >= 11 is 0. The van der Waals surface area contributed by atoms with E-state index in [1.165, 1.54) is 60.8 Å². The highest BCUT2D eigenvalue weighted by molar-refractivity contribution is 5.96. The van der Waals surface area contributed by atoms with Crippen LogP contribution in [0.2, 0.25) is 0 Å². The standard InChI is InChI=1S/C32H24F6N2O3/c1-3-25-22(13-18-16-39-27(14-26(18)40-25)20-9-5-7-11-24(20)32(36,37)38)30(42)43-29-15-28(41)21(12-17(29)2)19-8-4-6-10-23(19)31(33,34)35/h4-14,16,21,29H,3,15H2,1-2H3. The summed E-state index contributed by atoms with van der Waals surface area (Å²) in [7, 11) is 0. The van der Waals surface area contributed by atoms with E-state index >= 15 is 0 Å². The molecule has 0 amide bonds. The summed E-state index contributed by atoms with van der Waals surface area (Å²) in [6, 6.07) is 12.8. The molecule has 0 saturated heterocycles. The molecule has 2 aromatic carbocycles.